The molecule has 0 saturated heterocycles. The van der Waals surface area contributed by atoms with Crippen LogP contribution in [0.5, 0.6) is 0 Å². The van der Waals surface area contributed by atoms with E-state index in [1.165, 1.54) is 36.4 Å². The fourth-order valence-corrected chi connectivity index (χ4v) is 3.63. The normalized spacial score (nSPS) is 19.1. The van der Waals surface area contributed by atoms with Crippen LogP contribution in [-0.2, 0) is 0 Å². The van der Waals surface area contributed by atoms with Crippen LogP contribution in [0.1, 0.15) is 35.7 Å². The molecule has 2 aromatic carbocycles. The summed E-state index contributed by atoms with van der Waals surface area (Å²) in [5.41, 5.74) is 0.957. The van der Waals surface area contributed by atoms with E-state index in [0.717, 1.165) is 0 Å². The van der Waals surface area contributed by atoms with Crippen molar-refractivity contribution in [3.05, 3.63) is 64.0 Å². The standard InChI is InChI=1S/C19H17FN4O4/c20-12-4-7-17-16(9-12)21-19(23(17)13-5-6-15(25)10-13)22-18(26)11-2-1-3-14(8-11)24(27)28/h1-4,7-9,13,15,25H,5-6,10H2,(H,21,22,26)/t13?,15-/m0/s1. The maximum Gasteiger partial charge on any atom is 0.270 e. The van der Waals surface area contributed by atoms with Crippen molar-refractivity contribution >= 4 is 28.6 Å². The van der Waals surface area contributed by atoms with E-state index in [9.17, 15) is 24.4 Å². The van der Waals surface area contributed by atoms with Crippen molar-refractivity contribution in [3.8, 4) is 0 Å². The Kier molecular flexibility index (Phi) is 4.52. The molecule has 4 rings (SSSR count). The molecule has 9 heteroatoms. The first-order valence-electron chi connectivity index (χ1n) is 8.84. The van der Waals surface area contributed by atoms with Crippen LogP contribution >= 0.6 is 0 Å². The van der Waals surface area contributed by atoms with Crippen LogP contribution in [0.15, 0.2) is 42.5 Å². The number of hydrogen-bond acceptors (Lipinski definition) is 5. The van der Waals surface area contributed by atoms with Gasteiger partial charge in [-0.15, -0.1) is 0 Å². The van der Waals surface area contributed by atoms with E-state index in [4.69, 9.17) is 0 Å². The Balaban J connectivity index is 1.72. The van der Waals surface area contributed by atoms with Gasteiger partial charge in [0, 0.05) is 29.8 Å². The number of amides is 1. The second-order valence-corrected chi connectivity index (χ2v) is 6.82. The van der Waals surface area contributed by atoms with Crippen LogP contribution in [0, 0.1) is 15.9 Å². The van der Waals surface area contributed by atoms with Gasteiger partial charge < -0.3 is 9.67 Å². The molecular formula is C19H17FN4O4. The van der Waals surface area contributed by atoms with Crippen molar-refractivity contribution < 1.29 is 19.2 Å². The number of non-ortho nitro benzene ring substituents is 1. The molecule has 1 aliphatic rings. The number of carbonyl (C=O) groups excluding carboxylic acids is 1. The SMILES string of the molecule is O=C(Nc1nc2cc(F)ccc2n1C1CC[C@H](O)C1)c1cccc([N+](=O)[O-])c1. The summed E-state index contributed by atoms with van der Waals surface area (Å²) >= 11 is 0. The molecule has 0 bridgehead atoms. The zero-order chi connectivity index (χ0) is 19.8. The maximum atomic E-state index is 13.6. The lowest BCUT2D eigenvalue weighted by Gasteiger charge is -2.16. The van der Waals surface area contributed by atoms with Crippen LogP contribution in [0.3, 0.4) is 0 Å². The number of aliphatic hydroxyl groups is 1. The highest BCUT2D eigenvalue weighted by Gasteiger charge is 2.28. The Labute approximate surface area is 158 Å². The van der Waals surface area contributed by atoms with Gasteiger partial charge in [0.25, 0.3) is 11.6 Å². The van der Waals surface area contributed by atoms with E-state index in [-0.39, 0.29) is 23.2 Å². The molecule has 8 nitrogen and oxygen atoms in total. The molecule has 2 atom stereocenters. The summed E-state index contributed by atoms with van der Waals surface area (Å²) in [4.78, 5) is 27.4. The minimum Gasteiger partial charge on any atom is -0.393 e. The number of rotatable bonds is 4. The molecule has 144 valence electrons. The molecule has 28 heavy (non-hydrogen) atoms. The highest BCUT2D eigenvalue weighted by Crippen LogP contribution is 2.36. The third-order valence-corrected chi connectivity index (χ3v) is 4.94. The minimum absolute atomic E-state index is 0.0918. The lowest BCUT2D eigenvalue weighted by atomic mass is 10.2. The maximum absolute atomic E-state index is 13.6. The molecule has 1 aromatic heterocycles. The molecule has 2 N–H and O–H groups in total. The number of halogens is 1. The fraction of sp³-hybridized carbons (Fsp3) is 0.263. The molecule has 1 amide bonds. The first-order valence-corrected chi connectivity index (χ1v) is 8.84. The van der Waals surface area contributed by atoms with Crippen molar-refractivity contribution in [3.63, 3.8) is 0 Å². The number of nitro benzene ring substituents is 1. The second-order valence-electron chi connectivity index (χ2n) is 6.82. The molecule has 0 radical (unpaired) electrons. The Hall–Kier alpha value is -3.33. The van der Waals surface area contributed by atoms with Crippen molar-refractivity contribution in [2.75, 3.05) is 5.32 Å². The number of imidazole rings is 1. The summed E-state index contributed by atoms with van der Waals surface area (Å²) in [6.45, 7) is 0. The Morgan fingerprint density at radius 1 is 1.29 bits per heavy atom. The first kappa shape index (κ1) is 18.1. The summed E-state index contributed by atoms with van der Waals surface area (Å²) in [5, 5.41) is 23.5. The first-order chi connectivity index (χ1) is 13.4. The van der Waals surface area contributed by atoms with Gasteiger partial charge in [-0.25, -0.2) is 9.37 Å². The largest absolute Gasteiger partial charge is 0.393 e. The highest BCUT2D eigenvalue weighted by atomic mass is 19.1. The van der Waals surface area contributed by atoms with Gasteiger partial charge in [0.05, 0.1) is 22.1 Å². The molecule has 3 aromatic rings. The van der Waals surface area contributed by atoms with Crippen LogP contribution in [-0.4, -0.2) is 31.6 Å². The van der Waals surface area contributed by atoms with Gasteiger partial charge in [-0.3, -0.25) is 20.2 Å². The lowest BCUT2D eigenvalue weighted by molar-refractivity contribution is -0.384. The summed E-state index contributed by atoms with van der Waals surface area (Å²) < 4.78 is 15.4. The van der Waals surface area contributed by atoms with Gasteiger partial charge in [0.15, 0.2) is 0 Å². The van der Waals surface area contributed by atoms with E-state index in [0.29, 0.717) is 30.3 Å². The number of anilines is 1. The lowest BCUT2D eigenvalue weighted by Crippen LogP contribution is -2.18. The number of nitrogens with one attached hydrogen (secondary N) is 1. The Bertz CT molecular complexity index is 1080. The van der Waals surface area contributed by atoms with E-state index in [1.54, 1.807) is 10.6 Å². The summed E-state index contributed by atoms with van der Waals surface area (Å²) in [6, 6.07) is 9.47. The molecule has 0 spiro atoms. The second kappa shape index (κ2) is 7.01. The van der Waals surface area contributed by atoms with Gasteiger partial charge in [0.1, 0.15) is 5.82 Å². The van der Waals surface area contributed by atoms with E-state index >= 15 is 0 Å². The highest BCUT2D eigenvalue weighted by molar-refractivity contribution is 6.04. The van der Waals surface area contributed by atoms with Crippen LogP contribution < -0.4 is 5.32 Å². The van der Waals surface area contributed by atoms with E-state index in [2.05, 4.69) is 10.3 Å². The smallest absolute Gasteiger partial charge is 0.270 e. The topological polar surface area (TPSA) is 110 Å². The molecule has 1 fully saturated rings. The van der Waals surface area contributed by atoms with Crippen molar-refractivity contribution in [2.45, 2.75) is 31.4 Å². The predicted molar refractivity (Wildman–Crippen MR) is 99.6 cm³/mol. The third kappa shape index (κ3) is 3.31. The Morgan fingerprint density at radius 3 is 2.82 bits per heavy atom. The monoisotopic (exact) mass is 384 g/mol. The molecule has 1 saturated carbocycles. The van der Waals surface area contributed by atoms with Crippen molar-refractivity contribution in [1.82, 2.24) is 9.55 Å². The van der Waals surface area contributed by atoms with Crippen molar-refractivity contribution in [1.29, 1.82) is 0 Å². The fourth-order valence-electron chi connectivity index (χ4n) is 3.63. The van der Waals surface area contributed by atoms with E-state index in [1.807, 2.05) is 0 Å². The van der Waals surface area contributed by atoms with Gasteiger partial charge in [-0.1, -0.05) is 6.07 Å². The van der Waals surface area contributed by atoms with Gasteiger partial charge >= 0.3 is 0 Å². The zero-order valence-corrected chi connectivity index (χ0v) is 14.7. The molecule has 1 unspecified atom stereocenters. The zero-order valence-electron chi connectivity index (χ0n) is 14.7. The van der Waals surface area contributed by atoms with Crippen LogP contribution in [0.2, 0.25) is 0 Å². The number of nitrogens with zero attached hydrogens (tertiary/aromatic N) is 3. The average molecular weight is 384 g/mol. The van der Waals surface area contributed by atoms with Gasteiger partial charge in [0.2, 0.25) is 5.95 Å². The third-order valence-electron chi connectivity index (χ3n) is 4.94. The number of nitro groups is 1. The summed E-state index contributed by atoms with van der Waals surface area (Å²) in [7, 11) is 0. The number of benzene rings is 2. The summed E-state index contributed by atoms with van der Waals surface area (Å²) in [6.07, 6.45) is 1.39. The molecular weight excluding hydrogens is 367 g/mol. The quantitative estimate of drug-likeness (QED) is 0.529. The molecule has 1 heterocycles. The van der Waals surface area contributed by atoms with Crippen molar-refractivity contribution in [2.24, 2.45) is 0 Å². The molecule has 0 aliphatic heterocycles. The number of hydrogen-bond donors (Lipinski definition) is 2. The van der Waals surface area contributed by atoms with Crippen LogP contribution in [0.25, 0.3) is 11.0 Å². The number of aromatic nitrogens is 2. The van der Waals surface area contributed by atoms with Gasteiger partial charge in [-0.05, 0) is 37.5 Å². The number of carbonyl (C=O) groups is 1. The Morgan fingerprint density at radius 2 is 2.11 bits per heavy atom. The van der Waals surface area contributed by atoms with Crippen LogP contribution in [0.4, 0.5) is 16.0 Å². The van der Waals surface area contributed by atoms with Gasteiger partial charge in [-0.2, -0.15) is 0 Å². The summed E-state index contributed by atoms with van der Waals surface area (Å²) in [5.74, 6) is -0.782. The van der Waals surface area contributed by atoms with E-state index < -0.39 is 22.8 Å². The number of aliphatic hydroxyl groups excluding tert-OH is 1. The molecule has 1 aliphatic carbocycles. The number of fused-ring (bicyclic) bond motifs is 1. The predicted octanol–water partition coefficient (Wildman–Crippen LogP) is 3.42. The average Bonchev–Trinajstić information content (AvgIpc) is 3.24. The minimum atomic E-state index is -0.575.